The Bertz CT molecular complexity index is 1040. The third-order valence-corrected chi connectivity index (χ3v) is 7.26. The normalized spacial score (nSPS) is 15.5. The third kappa shape index (κ3) is 4.28. The SMILES string of the molecule is CS(=O)(=O)c1ccc(-c2sc(-c3ccccc3)nc2OC2CCCCC2)cc1. The van der Waals surface area contributed by atoms with E-state index in [9.17, 15) is 8.42 Å². The van der Waals surface area contributed by atoms with Crippen molar-refractivity contribution in [1.82, 2.24) is 4.98 Å². The maximum absolute atomic E-state index is 11.8. The van der Waals surface area contributed by atoms with Crippen LogP contribution in [0.1, 0.15) is 32.1 Å². The predicted molar refractivity (Wildman–Crippen MR) is 114 cm³/mol. The van der Waals surface area contributed by atoms with Crippen LogP contribution in [0, 0.1) is 0 Å². The van der Waals surface area contributed by atoms with Gasteiger partial charge in [0, 0.05) is 11.8 Å². The van der Waals surface area contributed by atoms with Crippen LogP contribution in [-0.4, -0.2) is 25.8 Å². The second-order valence-corrected chi connectivity index (χ2v) is 10.2. The third-order valence-electron chi connectivity index (χ3n) is 4.99. The highest BCUT2D eigenvalue weighted by atomic mass is 32.2. The Kier molecular flexibility index (Phi) is 5.51. The quantitative estimate of drug-likeness (QED) is 0.547. The summed E-state index contributed by atoms with van der Waals surface area (Å²) in [6.45, 7) is 0. The van der Waals surface area contributed by atoms with Gasteiger partial charge in [-0.2, -0.15) is 0 Å². The monoisotopic (exact) mass is 413 g/mol. The highest BCUT2D eigenvalue weighted by Crippen LogP contribution is 2.41. The first-order valence-electron chi connectivity index (χ1n) is 9.54. The fourth-order valence-corrected chi connectivity index (χ4v) is 5.11. The van der Waals surface area contributed by atoms with E-state index in [0.29, 0.717) is 10.8 Å². The molecule has 6 heteroatoms. The fraction of sp³-hybridized carbons (Fsp3) is 0.318. The lowest BCUT2D eigenvalue weighted by Gasteiger charge is -2.22. The maximum atomic E-state index is 11.8. The summed E-state index contributed by atoms with van der Waals surface area (Å²) in [7, 11) is -3.22. The lowest BCUT2D eigenvalue weighted by molar-refractivity contribution is 0.150. The lowest BCUT2D eigenvalue weighted by atomic mass is 9.98. The van der Waals surface area contributed by atoms with Gasteiger partial charge in [0.15, 0.2) is 9.84 Å². The van der Waals surface area contributed by atoms with E-state index >= 15 is 0 Å². The Hall–Kier alpha value is -2.18. The molecule has 0 aliphatic heterocycles. The first-order valence-corrected chi connectivity index (χ1v) is 12.2. The number of benzene rings is 2. The molecule has 1 aliphatic rings. The van der Waals surface area contributed by atoms with Gasteiger partial charge in [-0.15, -0.1) is 11.3 Å². The molecule has 0 N–H and O–H groups in total. The minimum atomic E-state index is -3.22. The zero-order valence-electron chi connectivity index (χ0n) is 15.8. The number of thiazole rings is 1. The molecule has 0 saturated heterocycles. The smallest absolute Gasteiger partial charge is 0.233 e. The van der Waals surface area contributed by atoms with Crippen molar-refractivity contribution in [3.63, 3.8) is 0 Å². The highest BCUT2D eigenvalue weighted by molar-refractivity contribution is 7.90. The van der Waals surface area contributed by atoms with Gasteiger partial charge in [-0.05, 0) is 43.4 Å². The van der Waals surface area contributed by atoms with Gasteiger partial charge in [-0.25, -0.2) is 13.4 Å². The number of aromatic nitrogens is 1. The van der Waals surface area contributed by atoms with Crippen LogP contribution in [0.2, 0.25) is 0 Å². The van der Waals surface area contributed by atoms with Crippen molar-refractivity contribution in [1.29, 1.82) is 0 Å². The molecule has 0 radical (unpaired) electrons. The fourth-order valence-electron chi connectivity index (χ4n) is 3.47. The topological polar surface area (TPSA) is 56.3 Å². The molecule has 2 aromatic carbocycles. The van der Waals surface area contributed by atoms with Crippen molar-refractivity contribution in [2.24, 2.45) is 0 Å². The van der Waals surface area contributed by atoms with Gasteiger partial charge in [0.2, 0.25) is 5.88 Å². The zero-order valence-corrected chi connectivity index (χ0v) is 17.4. The van der Waals surface area contributed by atoms with Crippen LogP contribution >= 0.6 is 11.3 Å². The van der Waals surface area contributed by atoms with E-state index in [-0.39, 0.29) is 6.10 Å². The van der Waals surface area contributed by atoms with E-state index < -0.39 is 9.84 Å². The molecule has 0 atom stereocenters. The molecule has 0 spiro atoms. The molecule has 0 bridgehead atoms. The number of hydrogen-bond acceptors (Lipinski definition) is 5. The Morgan fingerprint density at radius 3 is 2.25 bits per heavy atom. The van der Waals surface area contributed by atoms with Crippen LogP contribution in [0.3, 0.4) is 0 Å². The summed E-state index contributed by atoms with van der Waals surface area (Å²) >= 11 is 1.58. The number of ether oxygens (including phenoxy) is 1. The van der Waals surface area contributed by atoms with Crippen molar-refractivity contribution in [3.8, 4) is 26.9 Å². The van der Waals surface area contributed by atoms with Gasteiger partial charge in [0.05, 0.1) is 9.77 Å². The number of nitrogens with zero attached hydrogens (tertiary/aromatic N) is 1. The summed E-state index contributed by atoms with van der Waals surface area (Å²) in [6.07, 6.45) is 7.20. The summed E-state index contributed by atoms with van der Waals surface area (Å²) in [5, 5.41) is 0.911. The van der Waals surface area contributed by atoms with E-state index in [2.05, 4.69) is 0 Å². The Labute approximate surface area is 170 Å². The summed E-state index contributed by atoms with van der Waals surface area (Å²) < 4.78 is 29.9. The van der Waals surface area contributed by atoms with Crippen LogP contribution in [-0.2, 0) is 9.84 Å². The summed E-state index contributed by atoms with van der Waals surface area (Å²) in [6, 6.07) is 17.0. The Morgan fingerprint density at radius 1 is 0.929 bits per heavy atom. The largest absolute Gasteiger partial charge is 0.473 e. The molecular weight excluding hydrogens is 390 g/mol. The number of hydrogen-bond donors (Lipinski definition) is 0. The molecule has 1 saturated carbocycles. The zero-order chi connectivity index (χ0) is 19.6. The van der Waals surface area contributed by atoms with Crippen LogP contribution in [0.4, 0.5) is 0 Å². The summed E-state index contributed by atoms with van der Waals surface area (Å²) in [5.74, 6) is 0.655. The standard InChI is InChI=1S/C22H23NO3S2/c1-28(24,25)19-14-12-16(13-15-19)20-21(26-18-10-6-3-7-11-18)23-22(27-20)17-8-4-2-5-9-17/h2,4-5,8-9,12-15,18H,3,6-7,10-11H2,1H3. The van der Waals surface area contributed by atoms with Crippen LogP contribution in [0.5, 0.6) is 5.88 Å². The molecule has 1 fully saturated rings. The number of sulfone groups is 1. The predicted octanol–water partition coefficient (Wildman–Crippen LogP) is 5.59. The molecule has 1 aliphatic carbocycles. The molecule has 0 amide bonds. The first kappa shape index (κ1) is 19.2. The van der Waals surface area contributed by atoms with Crippen molar-refractivity contribution in [3.05, 3.63) is 54.6 Å². The van der Waals surface area contributed by atoms with Crippen molar-refractivity contribution in [2.75, 3.05) is 6.26 Å². The van der Waals surface area contributed by atoms with Gasteiger partial charge >= 0.3 is 0 Å². The maximum Gasteiger partial charge on any atom is 0.233 e. The minimum Gasteiger partial charge on any atom is -0.473 e. The second kappa shape index (κ2) is 8.05. The summed E-state index contributed by atoms with van der Waals surface area (Å²) in [5.41, 5.74) is 1.98. The molecule has 1 aromatic heterocycles. The minimum absolute atomic E-state index is 0.202. The lowest BCUT2D eigenvalue weighted by Crippen LogP contribution is -2.20. The molecule has 4 nitrogen and oxygen atoms in total. The molecule has 4 rings (SSSR count). The van der Waals surface area contributed by atoms with E-state index in [0.717, 1.165) is 33.9 Å². The van der Waals surface area contributed by atoms with E-state index in [1.165, 1.54) is 25.5 Å². The van der Waals surface area contributed by atoms with Crippen LogP contribution in [0.15, 0.2) is 59.5 Å². The van der Waals surface area contributed by atoms with E-state index in [4.69, 9.17) is 9.72 Å². The average Bonchev–Trinajstić information content (AvgIpc) is 3.13. The molecule has 146 valence electrons. The van der Waals surface area contributed by atoms with Crippen LogP contribution in [0.25, 0.3) is 21.0 Å². The van der Waals surface area contributed by atoms with E-state index in [1.807, 2.05) is 42.5 Å². The van der Waals surface area contributed by atoms with Gasteiger partial charge in [0.25, 0.3) is 0 Å². The molecular formula is C22H23NO3S2. The number of rotatable bonds is 5. The first-order chi connectivity index (χ1) is 13.5. The molecule has 3 aromatic rings. The van der Waals surface area contributed by atoms with Gasteiger partial charge < -0.3 is 4.74 Å². The molecule has 1 heterocycles. The second-order valence-electron chi connectivity index (χ2n) is 7.19. The highest BCUT2D eigenvalue weighted by Gasteiger charge is 2.21. The van der Waals surface area contributed by atoms with Gasteiger partial charge in [0.1, 0.15) is 11.1 Å². The van der Waals surface area contributed by atoms with Crippen molar-refractivity contribution in [2.45, 2.75) is 43.1 Å². The van der Waals surface area contributed by atoms with Crippen LogP contribution < -0.4 is 4.74 Å². The average molecular weight is 414 g/mol. The van der Waals surface area contributed by atoms with E-state index in [1.54, 1.807) is 23.5 Å². The Balaban J connectivity index is 1.72. The molecule has 28 heavy (non-hydrogen) atoms. The van der Waals surface area contributed by atoms with Gasteiger partial charge in [-0.3, -0.25) is 0 Å². The van der Waals surface area contributed by atoms with Crippen molar-refractivity contribution < 1.29 is 13.2 Å². The Morgan fingerprint density at radius 2 is 1.61 bits per heavy atom. The summed E-state index contributed by atoms with van der Waals surface area (Å²) in [4.78, 5) is 6.07. The van der Waals surface area contributed by atoms with Crippen molar-refractivity contribution >= 4 is 21.2 Å². The molecule has 0 unspecified atom stereocenters. The van der Waals surface area contributed by atoms with Gasteiger partial charge in [-0.1, -0.05) is 48.9 Å².